The number of halogens is 2. The summed E-state index contributed by atoms with van der Waals surface area (Å²) in [4.78, 5) is 42.8. The van der Waals surface area contributed by atoms with Crippen molar-refractivity contribution in [2.75, 3.05) is 18.1 Å². The van der Waals surface area contributed by atoms with E-state index in [-0.39, 0.29) is 47.8 Å². The lowest BCUT2D eigenvalue weighted by Gasteiger charge is -2.51. The summed E-state index contributed by atoms with van der Waals surface area (Å²) in [5, 5.41) is 4.65. The van der Waals surface area contributed by atoms with Gasteiger partial charge in [-0.05, 0) is 49.7 Å². The van der Waals surface area contributed by atoms with E-state index in [1.54, 1.807) is 9.58 Å². The first-order valence-electron chi connectivity index (χ1n) is 13.6. The number of aromatic nitrogens is 1. The first-order chi connectivity index (χ1) is 19.4. The molecule has 3 heterocycles. The van der Waals surface area contributed by atoms with Crippen LogP contribution in [0.15, 0.2) is 59.5 Å². The fourth-order valence-corrected chi connectivity index (χ4v) is 6.32. The lowest BCUT2D eigenvalue weighted by atomic mass is 9.94. The highest BCUT2D eigenvalue weighted by Crippen LogP contribution is 2.43. The number of pyridine rings is 1. The van der Waals surface area contributed by atoms with Crippen LogP contribution in [0, 0.1) is 23.5 Å². The van der Waals surface area contributed by atoms with Gasteiger partial charge in [-0.3, -0.25) is 24.1 Å². The first kappa shape index (κ1) is 26.0. The Morgan fingerprint density at radius 3 is 2.65 bits per heavy atom. The van der Waals surface area contributed by atoms with Crippen molar-refractivity contribution in [2.45, 2.75) is 45.5 Å². The van der Waals surface area contributed by atoms with Crippen LogP contribution in [0.3, 0.4) is 0 Å². The van der Waals surface area contributed by atoms with Crippen molar-refractivity contribution >= 4 is 11.8 Å². The molecular formula is C30H30F2N4O4. The molecule has 1 saturated carbocycles. The van der Waals surface area contributed by atoms with E-state index in [0.29, 0.717) is 24.9 Å². The fourth-order valence-electron chi connectivity index (χ4n) is 6.32. The van der Waals surface area contributed by atoms with E-state index < -0.39 is 23.0 Å². The zero-order chi connectivity index (χ0) is 28.0. The SMILES string of the molecule is CCN1C(=O)c2c(OCc3ccccc3)c(=O)c(C(=O)NCc3ccc(F)cc3F)cn2N2C[C@@H]3CC[C@@H](C3)[C@@H]12. The van der Waals surface area contributed by atoms with E-state index in [9.17, 15) is 23.2 Å². The van der Waals surface area contributed by atoms with Gasteiger partial charge in [0, 0.05) is 37.5 Å². The third-order valence-electron chi connectivity index (χ3n) is 8.23. The molecule has 1 aromatic heterocycles. The second-order valence-electron chi connectivity index (χ2n) is 10.7. The normalized spacial score (nSPS) is 21.2. The van der Waals surface area contributed by atoms with Gasteiger partial charge in [0.1, 0.15) is 30.0 Å². The molecule has 1 N–H and O–H groups in total. The number of hydrogen-bond donors (Lipinski definition) is 1. The van der Waals surface area contributed by atoms with Gasteiger partial charge in [0.15, 0.2) is 11.4 Å². The zero-order valence-electron chi connectivity index (χ0n) is 22.1. The van der Waals surface area contributed by atoms with Gasteiger partial charge in [-0.25, -0.2) is 8.78 Å². The van der Waals surface area contributed by atoms with Gasteiger partial charge in [-0.2, -0.15) is 0 Å². The summed E-state index contributed by atoms with van der Waals surface area (Å²) < 4.78 is 35.2. The van der Waals surface area contributed by atoms with Gasteiger partial charge >= 0.3 is 0 Å². The molecule has 6 rings (SSSR count). The Bertz CT molecular complexity index is 1530. The van der Waals surface area contributed by atoms with Crippen LogP contribution in [0.25, 0.3) is 0 Å². The molecule has 2 aliphatic heterocycles. The Hall–Kier alpha value is -4.21. The summed E-state index contributed by atoms with van der Waals surface area (Å²) in [5.41, 5.74) is 0.0360. The fraction of sp³-hybridized carbons (Fsp3) is 0.367. The van der Waals surface area contributed by atoms with Gasteiger partial charge in [-0.1, -0.05) is 36.4 Å². The van der Waals surface area contributed by atoms with Crippen molar-refractivity contribution in [3.05, 3.63) is 99.0 Å². The lowest BCUT2D eigenvalue weighted by molar-refractivity contribution is 0.0421. The number of amides is 2. The number of carbonyl (C=O) groups is 2. The topological polar surface area (TPSA) is 83.9 Å². The van der Waals surface area contributed by atoms with E-state index >= 15 is 0 Å². The number of fused-ring (bicyclic) bond motifs is 6. The van der Waals surface area contributed by atoms with Crippen LogP contribution in [0.4, 0.5) is 8.78 Å². The molecule has 1 aliphatic carbocycles. The molecule has 10 heteroatoms. The van der Waals surface area contributed by atoms with Crippen molar-refractivity contribution in [1.29, 1.82) is 0 Å². The number of hydrogen-bond acceptors (Lipinski definition) is 5. The Morgan fingerprint density at radius 2 is 1.90 bits per heavy atom. The molecule has 3 aromatic rings. The highest BCUT2D eigenvalue weighted by atomic mass is 19.1. The quantitative estimate of drug-likeness (QED) is 0.486. The molecule has 2 bridgehead atoms. The number of piperidine rings is 1. The summed E-state index contributed by atoms with van der Waals surface area (Å²) in [6.07, 6.45) is 4.34. The molecule has 0 spiro atoms. The zero-order valence-corrected chi connectivity index (χ0v) is 22.1. The minimum absolute atomic E-state index is 0.0308. The predicted molar refractivity (Wildman–Crippen MR) is 143 cm³/mol. The molecule has 2 aromatic carbocycles. The molecule has 3 aliphatic rings. The van der Waals surface area contributed by atoms with Crippen LogP contribution in [-0.2, 0) is 13.2 Å². The van der Waals surface area contributed by atoms with E-state index in [0.717, 1.165) is 37.0 Å². The summed E-state index contributed by atoms with van der Waals surface area (Å²) in [6.45, 7) is 2.86. The largest absolute Gasteiger partial charge is 0.482 e. The standard InChI is InChI=1S/C30H30F2N4O4/c1-2-34-29-20-9-8-19(12-20)15-36(29)35-16-23(28(38)33-14-21-10-11-22(31)13-24(21)32)26(37)27(25(35)30(34)39)40-17-18-6-4-3-5-7-18/h3-7,10-11,13,16,19-20,29H,2,8-9,12,14-15,17H2,1H3,(H,33,38)/t19-,20+,29+/m1/s1. The highest BCUT2D eigenvalue weighted by molar-refractivity contribution is 5.99. The maximum absolute atomic E-state index is 14.2. The minimum atomic E-state index is -0.800. The molecule has 1 saturated heterocycles. The minimum Gasteiger partial charge on any atom is -0.482 e. The van der Waals surface area contributed by atoms with Gasteiger partial charge < -0.3 is 15.0 Å². The number of rotatable bonds is 7. The summed E-state index contributed by atoms with van der Waals surface area (Å²) in [5.74, 6) is -2.02. The van der Waals surface area contributed by atoms with Crippen molar-refractivity contribution in [3.8, 4) is 5.75 Å². The first-order valence-corrected chi connectivity index (χ1v) is 13.6. The van der Waals surface area contributed by atoms with Gasteiger partial charge in [0.25, 0.3) is 11.8 Å². The van der Waals surface area contributed by atoms with Crippen molar-refractivity contribution in [2.24, 2.45) is 11.8 Å². The molecule has 3 atom stereocenters. The molecule has 2 amide bonds. The van der Waals surface area contributed by atoms with E-state index in [1.807, 2.05) is 37.3 Å². The number of nitrogens with one attached hydrogen (secondary N) is 1. The average Bonchev–Trinajstić information content (AvgIpc) is 3.34. The van der Waals surface area contributed by atoms with Crippen molar-refractivity contribution in [3.63, 3.8) is 0 Å². The molecule has 40 heavy (non-hydrogen) atoms. The number of nitrogens with zero attached hydrogens (tertiary/aromatic N) is 3. The van der Waals surface area contributed by atoms with Crippen molar-refractivity contribution in [1.82, 2.24) is 14.9 Å². The average molecular weight is 549 g/mol. The highest BCUT2D eigenvalue weighted by Gasteiger charge is 2.49. The van der Waals surface area contributed by atoms with Crippen LogP contribution in [-0.4, -0.2) is 40.6 Å². The monoisotopic (exact) mass is 548 g/mol. The molecule has 2 fully saturated rings. The maximum Gasteiger partial charge on any atom is 0.278 e. The third-order valence-corrected chi connectivity index (χ3v) is 8.23. The predicted octanol–water partition coefficient (Wildman–Crippen LogP) is 3.81. The van der Waals surface area contributed by atoms with Gasteiger partial charge in [0.05, 0.1) is 0 Å². The summed E-state index contributed by atoms with van der Waals surface area (Å²) in [6, 6.07) is 12.3. The lowest BCUT2D eigenvalue weighted by Crippen LogP contribution is -2.66. The Kier molecular flexibility index (Phi) is 6.77. The van der Waals surface area contributed by atoms with E-state index in [1.165, 1.54) is 12.3 Å². The van der Waals surface area contributed by atoms with Crippen LogP contribution in [0.5, 0.6) is 5.75 Å². The number of benzene rings is 2. The van der Waals surface area contributed by atoms with Crippen molar-refractivity contribution < 1.29 is 23.1 Å². The van der Waals surface area contributed by atoms with Gasteiger partial charge in [-0.15, -0.1) is 0 Å². The third kappa shape index (κ3) is 4.51. The van der Waals surface area contributed by atoms with Gasteiger partial charge in [0.2, 0.25) is 5.43 Å². The van der Waals surface area contributed by atoms with Crippen LogP contribution in [0.1, 0.15) is 58.2 Å². The van der Waals surface area contributed by atoms with E-state index in [4.69, 9.17) is 4.74 Å². The number of carbonyl (C=O) groups excluding carboxylic acids is 2. The Morgan fingerprint density at radius 1 is 1.10 bits per heavy atom. The Labute approximate surface area is 230 Å². The number of ether oxygens (including phenoxy) is 1. The molecule has 208 valence electrons. The Balaban J connectivity index is 1.42. The molecule has 0 radical (unpaired) electrons. The second kappa shape index (κ2) is 10.4. The second-order valence-corrected chi connectivity index (χ2v) is 10.7. The maximum atomic E-state index is 14.2. The van der Waals surface area contributed by atoms with Crippen LogP contribution >= 0.6 is 0 Å². The molecule has 0 unspecified atom stereocenters. The summed E-state index contributed by atoms with van der Waals surface area (Å²) in [7, 11) is 0. The molecule has 8 nitrogen and oxygen atoms in total. The summed E-state index contributed by atoms with van der Waals surface area (Å²) >= 11 is 0. The van der Waals surface area contributed by atoms with Crippen LogP contribution in [0.2, 0.25) is 0 Å². The molecular weight excluding hydrogens is 518 g/mol. The van der Waals surface area contributed by atoms with E-state index in [2.05, 4.69) is 10.3 Å². The smallest absolute Gasteiger partial charge is 0.278 e. The van der Waals surface area contributed by atoms with Crippen LogP contribution < -0.4 is 20.5 Å².